The van der Waals surface area contributed by atoms with Crippen molar-refractivity contribution in [1.82, 2.24) is 10.2 Å². The van der Waals surface area contributed by atoms with Gasteiger partial charge in [0, 0.05) is 24.3 Å². The molecule has 0 heterocycles. The first kappa shape index (κ1) is 19.7. The molecule has 3 rings (SSSR count). The van der Waals surface area contributed by atoms with Gasteiger partial charge in [-0.3, -0.25) is 4.79 Å². The molecule has 0 unspecified atom stereocenters. The molecule has 0 saturated heterocycles. The van der Waals surface area contributed by atoms with Gasteiger partial charge in [0.1, 0.15) is 6.61 Å². The lowest BCUT2D eigenvalue weighted by Gasteiger charge is -2.19. The lowest BCUT2D eigenvalue weighted by atomic mass is 10.1. The lowest BCUT2D eigenvalue weighted by molar-refractivity contribution is 0.0951. The van der Waals surface area contributed by atoms with Crippen molar-refractivity contribution in [2.75, 3.05) is 25.5 Å². The zero-order valence-corrected chi connectivity index (χ0v) is 16.0. The number of hydrogen-bond donors (Lipinski definition) is 2. The van der Waals surface area contributed by atoms with Crippen LogP contribution in [0.25, 0.3) is 0 Å². The Morgan fingerprint density at radius 3 is 2.68 bits per heavy atom. The van der Waals surface area contributed by atoms with Gasteiger partial charge in [-0.05, 0) is 49.6 Å². The molecule has 6 nitrogen and oxygen atoms in total. The molecule has 1 aliphatic rings. The number of rotatable bonds is 7. The van der Waals surface area contributed by atoms with Gasteiger partial charge in [-0.15, -0.1) is 0 Å². The van der Waals surface area contributed by atoms with Gasteiger partial charge in [0.2, 0.25) is 0 Å². The molecule has 1 aliphatic carbocycles. The summed E-state index contributed by atoms with van der Waals surface area (Å²) in [6, 6.07) is 11.3. The number of hydrogen-bond acceptors (Lipinski definition) is 3. The Kier molecular flexibility index (Phi) is 6.13. The first-order valence-electron chi connectivity index (χ1n) is 9.25. The monoisotopic (exact) mass is 385 g/mol. The van der Waals surface area contributed by atoms with E-state index in [2.05, 4.69) is 10.6 Å². The van der Waals surface area contributed by atoms with E-state index >= 15 is 0 Å². The molecule has 2 aromatic rings. The summed E-state index contributed by atoms with van der Waals surface area (Å²) in [6.45, 7) is 2.30. The van der Waals surface area contributed by atoms with Crippen LogP contribution in [0.5, 0.6) is 5.75 Å². The molecule has 2 N–H and O–H groups in total. The third-order valence-electron chi connectivity index (χ3n) is 4.52. The van der Waals surface area contributed by atoms with Crippen molar-refractivity contribution < 1.29 is 18.7 Å². The van der Waals surface area contributed by atoms with Crippen LogP contribution in [0.2, 0.25) is 0 Å². The molecule has 0 aliphatic heterocycles. The molecule has 0 bridgehead atoms. The van der Waals surface area contributed by atoms with Crippen LogP contribution < -0.4 is 15.4 Å². The van der Waals surface area contributed by atoms with Crippen molar-refractivity contribution in [1.29, 1.82) is 0 Å². The maximum Gasteiger partial charge on any atom is 0.321 e. The second kappa shape index (κ2) is 8.73. The summed E-state index contributed by atoms with van der Waals surface area (Å²) in [7, 11) is 1.62. The Hall–Kier alpha value is -3.09. The Morgan fingerprint density at radius 1 is 1.21 bits per heavy atom. The van der Waals surface area contributed by atoms with E-state index in [1.165, 1.54) is 17.0 Å². The maximum atomic E-state index is 13.5. The quantitative estimate of drug-likeness (QED) is 0.766. The number of aryl methyl sites for hydroxylation is 1. The lowest BCUT2D eigenvalue weighted by Crippen LogP contribution is -2.34. The number of nitrogens with zero attached hydrogens (tertiary/aromatic N) is 1. The zero-order valence-electron chi connectivity index (χ0n) is 16.0. The van der Waals surface area contributed by atoms with Crippen LogP contribution in [0.1, 0.15) is 28.8 Å². The second-order valence-electron chi connectivity index (χ2n) is 6.91. The van der Waals surface area contributed by atoms with Gasteiger partial charge < -0.3 is 20.3 Å². The third-order valence-corrected chi connectivity index (χ3v) is 4.52. The number of carbonyl (C=O) groups excluding carboxylic acids is 2. The van der Waals surface area contributed by atoms with Gasteiger partial charge >= 0.3 is 6.03 Å². The normalized spacial score (nSPS) is 13.0. The topological polar surface area (TPSA) is 70.7 Å². The van der Waals surface area contributed by atoms with Crippen LogP contribution in [-0.4, -0.2) is 43.1 Å². The van der Waals surface area contributed by atoms with Gasteiger partial charge in [-0.1, -0.05) is 18.2 Å². The minimum atomic E-state index is -0.438. The first-order valence-corrected chi connectivity index (χ1v) is 9.25. The maximum absolute atomic E-state index is 13.5. The van der Waals surface area contributed by atoms with Crippen molar-refractivity contribution in [3.8, 4) is 5.75 Å². The van der Waals surface area contributed by atoms with E-state index in [0.29, 0.717) is 11.3 Å². The summed E-state index contributed by atoms with van der Waals surface area (Å²) in [6.07, 6.45) is 2.03. The highest BCUT2D eigenvalue weighted by atomic mass is 19.1. The zero-order chi connectivity index (χ0) is 20.1. The van der Waals surface area contributed by atoms with Crippen LogP contribution in [0, 0.1) is 12.7 Å². The Balaban J connectivity index is 1.54. The molecule has 0 atom stereocenters. The van der Waals surface area contributed by atoms with E-state index in [1.807, 2.05) is 6.92 Å². The number of para-hydroxylation sites is 1. The van der Waals surface area contributed by atoms with E-state index in [9.17, 15) is 14.0 Å². The van der Waals surface area contributed by atoms with Crippen LogP contribution >= 0.6 is 0 Å². The number of ether oxygens (including phenoxy) is 1. The highest BCUT2D eigenvalue weighted by Crippen LogP contribution is 2.21. The second-order valence-corrected chi connectivity index (χ2v) is 6.91. The van der Waals surface area contributed by atoms with Crippen molar-refractivity contribution in [2.24, 2.45) is 0 Å². The number of nitrogens with one attached hydrogen (secondary N) is 2. The molecule has 0 spiro atoms. The summed E-state index contributed by atoms with van der Waals surface area (Å²) >= 11 is 0. The van der Waals surface area contributed by atoms with Gasteiger partial charge in [0.25, 0.3) is 5.91 Å². The SMILES string of the molecule is Cc1ccc(C(=O)NC2CC2)cc1NC(=O)N(C)CCOc1ccccc1F. The fourth-order valence-electron chi connectivity index (χ4n) is 2.56. The van der Waals surface area contributed by atoms with Crippen molar-refractivity contribution in [3.63, 3.8) is 0 Å². The molecule has 0 aromatic heterocycles. The molecule has 0 radical (unpaired) electrons. The number of amides is 3. The summed E-state index contributed by atoms with van der Waals surface area (Å²) in [5, 5.41) is 5.74. The fraction of sp³-hybridized carbons (Fsp3) is 0.333. The third kappa shape index (κ3) is 5.22. The number of carbonyl (C=O) groups is 2. The van der Waals surface area contributed by atoms with Gasteiger partial charge in [-0.25, -0.2) is 9.18 Å². The molecular formula is C21H24FN3O3. The molecule has 3 amide bonds. The first-order chi connectivity index (χ1) is 13.4. The summed E-state index contributed by atoms with van der Waals surface area (Å²) < 4.78 is 18.9. The molecule has 7 heteroatoms. The summed E-state index contributed by atoms with van der Waals surface area (Å²) in [5.74, 6) is -0.419. The van der Waals surface area contributed by atoms with Crippen molar-refractivity contribution >= 4 is 17.6 Å². The minimum absolute atomic E-state index is 0.135. The van der Waals surface area contributed by atoms with Crippen molar-refractivity contribution in [2.45, 2.75) is 25.8 Å². The number of halogens is 1. The van der Waals surface area contributed by atoms with Crippen LogP contribution in [0.3, 0.4) is 0 Å². The van der Waals surface area contributed by atoms with Crippen molar-refractivity contribution in [3.05, 3.63) is 59.4 Å². The molecule has 148 valence electrons. The molecule has 1 fully saturated rings. The van der Waals surface area contributed by atoms with Crippen LogP contribution in [-0.2, 0) is 0 Å². The van der Waals surface area contributed by atoms with Gasteiger partial charge in [0.15, 0.2) is 11.6 Å². The number of benzene rings is 2. The molecule has 2 aromatic carbocycles. The van der Waals surface area contributed by atoms with E-state index in [0.717, 1.165) is 18.4 Å². The Morgan fingerprint density at radius 2 is 1.96 bits per heavy atom. The van der Waals surface area contributed by atoms with E-state index < -0.39 is 5.82 Å². The molecule has 1 saturated carbocycles. The average Bonchev–Trinajstić information content (AvgIpc) is 3.48. The molecular weight excluding hydrogens is 361 g/mol. The highest BCUT2D eigenvalue weighted by molar-refractivity contribution is 5.97. The smallest absolute Gasteiger partial charge is 0.321 e. The minimum Gasteiger partial charge on any atom is -0.489 e. The van der Waals surface area contributed by atoms with Gasteiger partial charge in [0.05, 0.1) is 6.54 Å². The number of anilines is 1. The summed E-state index contributed by atoms with van der Waals surface area (Å²) in [4.78, 5) is 26.1. The predicted molar refractivity (Wildman–Crippen MR) is 105 cm³/mol. The average molecular weight is 385 g/mol. The molecule has 28 heavy (non-hydrogen) atoms. The fourth-order valence-corrected chi connectivity index (χ4v) is 2.56. The van der Waals surface area contributed by atoms with Crippen LogP contribution in [0.4, 0.5) is 14.9 Å². The highest BCUT2D eigenvalue weighted by Gasteiger charge is 2.24. The van der Waals surface area contributed by atoms with E-state index in [1.54, 1.807) is 37.4 Å². The van der Waals surface area contributed by atoms with Crippen LogP contribution in [0.15, 0.2) is 42.5 Å². The van der Waals surface area contributed by atoms with Gasteiger partial charge in [-0.2, -0.15) is 0 Å². The predicted octanol–water partition coefficient (Wildman–Crippen LogP) is 3.57. The van der Waals surface area contributed by atoms with E-state index in [4.69, 9.17) is 4.74 Å². The van der Waals surface area contributed by atoms with E-state index in [-0.39, 0.29) is 36.9 Å². The Labute approximate surface area is 163 Å². The number of likely N-dealkylation sites (N-methyl/N-ethyl adjacent to an activating group) is 1. The summed E-state index contributed by atoms with van der Waals surface area (Å²) in [5.41, 5.74) is 1.95. The standard InChI is InChI=1S/C21H24FN3O3/c1-14-7-8-15(20(26)23-16-9-10-16)13-18(14)24-21(27)25(2)11-12-28-19-6-4-3-5-17(19)22/h3-8,13,16H,9-12H2,1-2H3,(H,23,26)(H,24,27). The largest absolute Gasteiger partial charge is 0.489 e. The Bertz CT molecular complexity index is 868. The number of urea groups is 1.